The van der Waals surface area contributed by atoms with E-state index < -0.39 is 10.0 Å². The van der Waals surface area contributed by atoms with Crippen molar-refractivity contribution in [3.8, 4) is 0 Å². The number of sulfonamides is 1. The molecule has 4 rings (SSSR count). The molecular weight excluding hydrogens is 446 g/mol. The highest BCUT2D eigenvalue weighted by Crippen LogP contribution is 2.25. The summed E-state index contributed by atoms with van der Waals surface area (Å²) in [4.78, 5) is 15.5. The molecule has 2 aromatic rings. The van der Waals surface area contributed by atoms with Gasteiger partial charge in [0.2, 0.25) is 15.9 Å². The number of amides is 1. The van der Waals surface area contributed by atoms with Crippen LogP contribution in [-0.4, -0.2) is 49.7 Å². The summed E-state index contributed by atoms with van der Waals surface area (Å²) in [7, 11) is -3.64. The van der Waals surface area contributed by atoms with Crippen molar-refractivity contribution >= 4 is 27.5 Å². The summed E-state index contributed by atoms with van der Waals surface area (Å²) in [6.45, 7) is 4.32. The smallest absolute Gasteiger partial charge is 0.243 e. The fraction of sp³-hybridized carbons (Fsp3) is 0.458. The predicted octanol–water partition coefficient (Wildman–Crippen LogP) is 3.65. The molecule has 1 N–H and O–H groups in total. The molecule has 2 aliphatic heterocycles. The number of hydrogen-bond donors (Lipinski definition) is 1. The van der Waals surface area contributed by atoms with Gasteiger partial charge in [-0.2, -0.15) is 4.31 Å². The Bertz CT molecular complexity index is 1040. The standard InChI is InChI=1S/C24H30ClN3O3S/c25-22-8-10-23(11-9-22)32(30,31)28-14-4-7-21(18-28)24(29)26-16-19-5-3-6-20(15-19)17-27-12-1-2-13-27/h3,5-6,8-11,15,21H,1-2,4,7,12-14,16-18H2,(H,26,29)/t21-/m0/s1. The van der Waals surface area contributed by atoms with Crippen LogP contribution in [0, 0.1) is 5.92 Å². The number of benzene rings is 2. The minimum atomic E-state index is -3.64. The van der Waals surface area contributed by atoms with E-state index >= 15 is 0 Å². The monoisotopic (exact) mass is 475 g/mol. The highest BCUT2D eigenvalue weighted by atomic mass is 35.5. The van der Waals surface area contributed by atoms with E-state index in [4.69, 9.17) is 11.6 Å². The van der Waals surface area contributed by atoms with Crippen LogP contribution in [0.2, 0.25) is 5.02 Å². The average molecular weight is 476 g/mol. The second-order valence-corrected chi connectivity index (χ2v) is 11.1. The molecule has 0 radical (unpaired) electrons. The lowest BCUT2D eigenvalue weighted by Crippen LogP contribution is -2.45. The molecule has 0 saturated carbocycles. The lowest BCUT2D eigenvalue weighted by atomic mass is 9.98. The first-order valence-corrected chi connectivity index (χ1v) is 13.1. The average Bonchev–Trinajstić information content (AvgIpc) is 3.31. The van der Waals surface area contributed by atoms with E-state index in [1.54, 1.807) is 12.1 Å². The first-order valence-electron chi connectivity index (χ1n) is 11.3. The molecule has 2 saturated heterocycles. The Morgan fingerprint density at radius 1 is 1.00 bits per heavy atom. The van der Waals surface area contributed by atoms with E-state index in [9.17, 15) is 13.2 Å². The molecule has 2 aliphatic rings. The number of nitrogens with zero attached hydrogens (tertiary/aromatic N) is 2. The van der Waals surface area contributed by atoms with Crippen molar-refractivity contribution < 1.29 is 13.2 Å². The molecule has 2 fully saturated rings. The van der Waals surface area contributed by atoms with Crippen LogP contribution in [0.5, 0.6) is 0 Å². The van der Waals surface area contributed by atoms with Gasteiger partial charge in [-0.1, -0.05) is 35.9 Å². The van der Waals surface area contributed by atoms with Crippen molar-refractivity contribution in [2.75, 3.05) is 26.2 Å². The van der Waals surface area contributed by atoms with Gasteiger partial charge < -0.3 is 5.32 Å². The van der Waals surface area contributed by atoms with E-state index in [1.807, 2.05) is 12.1 Å². The van der Waals surface area contributed by atoms with E-state index in [-0.39, 0.29) is 23.3 Å². The number of halogens is 1. The van der Waals surface area contributed by atoms with Gasteiger partial charge in [0.15, 0.2) is 0 Å². The maximum absolute atomic E-state index is 13.0. The Labute approximate surface area is 195 Å². The van der Waals surface area contributed by atoms with Crippen molar-refractivity contribution in [1.29, 1.82) is 0 Å². The van der Waals surface area contributed by atoms with Crippen LogP contribution >= 0.6 is 11.6 Å². The predicted molar refractivity (Wildman–Crippen MR) is 126 cm³/mol. The molecule has 8 heteroatoms. The Kier molecular flexibility index (Phi) is 7.51. The second kappa shape index (κ2) is 10.3. The lowest BCUT2D eigenvalue weighted by Gasteiger charge is -2.31. The van der Waals surface area contributed by atoms with Gasteiger partial charge in [0.25, 0.3) is 0 Å². The zero-order valence-corrected chi connectivity index (χ0v) is 19.7. The molecule has 1 amide bonds. The Hall–Kier alpha value is -1.93. The third-order valence-corrected chi connectivity index (χ3v) is 8.40. The summed E-state index contributed by atoms with van der Waals surface area (Å²) in [6.07, 6.45) is 3.88. The molecule has 0 spiro atoms. The highest BCUT2D eigenvalue weighted by molar-refractivity contribution is 7.89. The number of nitrogens with one attached hydrogen (secondary N) is 1. The minimum Gasteiger partial charge on any atom is -0.352 e. The van der Waals surface area contributed by atoms with Crippen LogP contribution in [0.3, 0.4) is 0 Å². The van der Waals surface area contributed by atoms with Crippen LogP contribution in [0.4, 0.5) is 0 Å². The van der Waals surface area contributed by atoms with E-state index in [0.717, 1.165) is 25.2 Å². The van der Waals surface area contributed by atoms with Gasteiger partial charge in [-0.25, -0.2) is 8.42 Å². The van der Waals surface area contributed by atoms with Crippen molar-refractivity contribution in [1.82, 2.24) is 14.5 Å². The first kappa shape index (κ1) is 23.2. The van der Waals surface area contributed by atoms with Crippen LogP contribution in [0.25, 0.3) is 0 Å². The van der Waals surface area contributed by atoms with E-state index in [1.165, 1.54) is 34.8 Å². The molecule has 0 aliphatic carbocycles. The number of carbonyl (C=O) groups is 1. The number of piperidine rings is 1. The summed E-state index contributed by atoms with van der Waals surface area (Å²) in [6, 6.07) is 14.5. The quantitative estimate of drug-likeness (QED) is 0.663. The van der Waals surface area contributed by atoms with Crippen LogP contribution in [-0.2, 0) is 27.9 Å². The Balaban J connectivity index is 1.34. The molecular formula is C24H30ClN3O3S. The molecule has 0 unspecified atom stereocenters. The van der Waals surface area contributed by atoms with Gasteiger partial charge in [-0.05, 0) is 74.2 Å². The SMILES string of the molecule is O=C(NCc1cccc(CN2CCCC2)c1)[C@H]1CCCN(S(=O)(=O)c2ccc(Cl)cc2)C1. The molecule has 0 aromatic heterocycles. The summed E-state index contributed by atoms with van der Waals surface area (Å²) in [5.74, 6) is -0.440. The molecule has 2 heterocycles. The minimum absolute atomic E-state index is 0.0917. The second-order valence-electron chi connectivity index (χ2n) is 8.68. The fourth-order valence-corrected chi connectivity index (χ4v) is 6.15. The molecule has 1 atom stereocenters. The van der Waals surface area contributed by atoms with Gasteiger partial charge in [-0.3, -0.25) is 9.69 Å². The number of rotatable bonds is 7. The third kappa shape index (κ3) is 5.70. The van der Waals surface area contributed by atoms with Gasteiger partial charge in [-0.15, -0.1) is 0 Å². The van der Waals surface area contributed by atoms with Gasteiger partial charge in [0.05, 0.1) is 10.8 Å². The third-order valence-electron chi connectivity index (χ3n) is 6.27. The molecule has 172 valence electrons. The van der Waals surface area contributed by atoms with Crippen molar-refractivity contribution in [2.45, 2.75) is 43.7 Å². The fourth-order valence-electron chi connectivity index (χ4n) is 4.50. The zero-order valence-electron chi connectivity index (χ0n) is 18.2. The maximum atomic E-state index is 13.0. The first-order chi connectivity index (χ1) is 15.4. The number of carbonyl (C=O) groups excluding carboxylic acids is 1. The molecule has 32 heavy (non-hydrogen) atoms. The van der Waals surface area contributed by atoms with Crippen LogP contribution in [0.15, 0.2) is 53.4 Å². The van der Waals surface area contributed by atoms with Crippen LogP contribution in [0.1, 0.15) is 36.8 Å². The molecule has 0 bridgehead atoms. The summed E-state index contributed by atoms with van der Waals surface area (Å²) in [5.41, 5.74) is 2.33. The summed E-state index contributed by atoms with van der Waals surface area (Å²) in [5, 5.41) is 3.51. The number of likely N-dealkylation sites (tertiary alicyclic amines) is 1. The summed E-state index contributed by atoms with van der Waals surface area (Å²) >= 11 is 5.89. The Morgan fingerprint density at radius 2 is 1.72 bits per heavy atom. The Morgan fingerprint density at radius 3 is 2.47 bits per heavy atom. The number of hydrogen-bond acceptors (Lipinski definition) is 4. The van der Waals surface area contributed by atoms with Crippen molar-refractivity contribution in [3.05, 3.63) is 64.7 Å². The topological polar surface area (TPSA) is 69.7 Å². The maximum Gasteiger partial charge on any atom is 0.243 e. The van der Waals surface area contributed by atoms with Crippen LogP contribution < -0.4 is 5.32 Å². The molecule has 6 nitrogen and oxygen atoms in total. The largest absolute Gasteiger partial charge is 0.352 e. The van der Waals surface area contributed by atoms with Gasteiger partial charge in [0.1, 0.15) is 0 Å². The van der Waals surface area contributed by atoms with Crippen molar-refractivity contribution in [2.24, 2.45) is 5.92 Å². The normalized spacial score (nSPS) is 20.3. The summed E-state index contributed by atoms with van der Waals surface area (Å²) < 4.78 is 27.4. The van der Waals surface area contributed by atoms with E-state index in [0.29, 0.717) is 31.0 Å². The van der Waals surface area contributed by atoms with E-state index in [2.05, 4.69) is 22.3 Å². The van der Waals surface area contributed by atoms with Crippen molar-refractivity contribution in [3.63, 3.8) is 0 Å². The highest BCUT2D eigenvalue weighted by Gasteiger charge is 2.33. The van der Waals surface area contributed by atoms with Gasteiger partial charge in [0, 0.05) is 31.2 Å². The van der Waals surface area contributed by atoms with Gasteiger partial charge >= 0.3 is 0 Å². The zero-order chi connectivity index (χ0) is 22.6. The molecule has 2 aromatic carbocycles. The lowest BCUT2D eigenvalue weighted by molar-refractivity contribution is -0.126.